The molecule has 0 saturated heterocycles. The number of carbonyl (C=O) groups is 2. The van der Waals surface area contributed by atoms with Gasteiger partial charge in [0.1, 0.15) is 18.3 Å². The first-order valence-electron chi connectivity index (χ1n) is 13.4. The maximum absolute atomic E-state index is 14.2. The molecule has 3 aromatic rings. The summed E-state index contributed by atoms with van der Waals surface area (Å²) < 4.78 is 35.1. The molecule has 1 atom stereocenters. The Morgan fingerprint density at radius 3 is 2.24 bits per heavy atom. The highest BCUT2D eigenvalue weighted by Gasteiger charge is 2.34. The molecule has 220 valence electrons. The van der Waals surface area contributed by atoms with Crippen molar-refractivity contribution in [2.75, 3.05) is 30.3 Å². The van der Waals surface area contributed by atoms with E-state index in [2.05, 4.69) is 5.32 Å². The van der Waals surface area contributed by atoms with Crippen LogP contribution < -0.4 is 14.4 Å². The number of para-hydroxylation sites is 2. The van der Waals surface area contributed by atoms with Crippen molar-refractivity contribution in [1.82, 2.24) is 10.2 Å². The maximum atomic E-state index is 14.2. The average Bonchev–Trinajstić information content (AvgIpc) is 2.97. The lowest BCUT2D eigenvalue weighted by Gasteiger charge is -2.33. The highest BCUT2D eigenvalue weighted by Crippen LogP contribution is 2.33. The van der Waals surface area contributed by atoms with Gasteiger partial charge in [-0.25, -0.2) is 8.42 Å². The van der Waals surface area contributed by atoms with Crippen molar-refractivity contribution in [1.29, 1.82) is 0 Å². The fourth-order valence-electron chi connectivity index (χ4n) is 4.35. The summed E-state index contributed by atoms with van der Waals surface area (Å²) in [5.41, 5.74) is 0.863. The minimum absolute atomic E-state index is 0.0254. The number of nitrogens with one attached hydrogen (secondary N) is 1. The van der Waals surface area contributed by atoms with E-state index >= 15 is 0 Å². The van der Waals surface area contributed by atoms with E-state index in [0.29, 0.717) is 35.9 Å². The lowest BCUT2D eigenvalue weighted by atomic mass is 10.1. The molecule has 8 nitrogen and oxygen atoms in total. The molecule has 0 aliphatic rings. The number of carbonyl (C=O) groups excluding carboxylic acids is 2. The Morgan fingerprint density at radius 1 is 0.976 bits per heavy atom. The first-order chi connectivity index (χ1) is 19.7. The van der Waals surface area contributed by atoms with Crippen LogP contribution in [0.2, 0.25) is 5.02 Å². The second-order valence-electron chi connectivity index (χ2n) is 9.02. The van der Waals surface area contributed by atoms with Crippen molar-refractivity contribution in [3.63, 3.8) is 0 Å². The lowest BCUT2D eigenvalue weighted by Crippen LogP contribution is -2.52. The van der Waals surface area contributed by atoms with E-state index in [1.165, 1.54) is 28.8 Å². The minimum atomic E-state index is -4.22. The molecule has 0 radical (unpaired) electrons. The predicted octanol–water partition coefficient (Wildman–Crippen LogP) is 5.60. The van der Waals surface area contributed by atoms with Crippen molar-refractivity contribution >= 4 is 50.9 Å². The number of halogens is 1. The summed E-state index contributed by atoms with van der Waals surface area (Å²) in [5.74, 6) is -0.564. The molecule has 2 amide bonds. The fraction of sp³-hybridized carbons (Fsp3) is 0.333. The van der Waals surface area contributed by atoms with Gasteiger partial charge in [0.05, 0.1) is 17.2 Å². The Morgan fingerprint density at radius 2 is 1.63 bits per heavy atom. The van der Waals surface area contributed by atoms with Gasteiger partial charge in [0.2, 0.25) is 11.8 Å². The third kappa shape index (κ3) is 7.96. The zero-order valence-electron chi connectivity index (χ0n) is 23.7. The average molecular weight is 618 g/mol. The first kappa shape index (κ1) is 32.3. The number of benzene rings is 3. The summed E-state index contributed by atoms with van der Waals surface area (Å²) in [6, 6.07) is 19.4. The summed E-state index contributed by atoms with van der Waals surface area (Å²) in [4.78, 5) is 29.6. The fourth-order valence-corrected chi connectivity index (χ4v) is 6.38. The van der Waals surface area contributed by atoms with E-state index in [0.717, 1.165) is 9.20 Å². The second-order valence-corrected chi connectivity index (χ2v) is 12.2. The van der Waals surface area contributed by atoms with Crippen LogP contribution in [0.1, 0.15) is 32.8 Å². The van der Waals surface area contributed by atoms with Crippen LogP contribution in [0, 0.1) is 0 Å². The number of nitrogens with zero attached hydrogens (tertiary/aromatic N) is 2. The quantitative estimate of drug-likeness (QED) is 0.237. The van der Waals surface area contributed by atoms with Gasteiger partial charge < -0.3 is 15.0 Å². The third-order valence-electron chi connectivity index (χ3n) is 6.40. The molecule has 0 spiro atoms. The van der Waals surface area contributed by atoms with Gasteiger partial charge in [0, 0.05) is 23.0 Å². The van der Waals surface area contributed by atoms with Crippen LogP contribution >= 0.6 is 23.4 Å². The van der Waals surface area contributed by atoms with Crippen molar-refractivity contribution < 1.29 is 22.7 Å². The number of hydrogen-bond acceptors (Lipinski definition) is 6. The van der Waals surface area contributed by atoms with Crippen LogP contribution in [0.5, 0.6) is 5.75 Å². The van der Waals surface area contributed by atoms with E-state index in [-0.39, 0.29) is 23.0 Å². The third-order valence-corrected chi connectivity index (χ3v) is 9.28. The van der Waals surface area contributed by atoms with Gasteiger partial charge >= 0.3 is 0 Å². The first-order valence-corrected chi connectivity index (χ1v) is 16.4. The molecule has 11 heteroatoms. The van der Waals surface area contributed by atoms with E-state index in [9.17, 15) is 18.0 Å². The summed E-state index contributed by atoms with van der Waals surface area (Å²) in [5, 5.41) is 3.23. The van der Waals surface area contributed by atoms with Crippen molar-refractivity contribution in [3.8, 4) is 5.75 Å². The van der Waals surface area contributed by atoms with Crippen molar-refractivity contribution in [2.24, 2.45) is 0 Å². The number of sulfonamides is 1. The normalized spacial score (nSPS) is 11.9. The topological polar surface area (TPSA) is 96.0 Å². The number of hydrogen-bond donors (Lipinski definition) is 1. The molecule has 1 N–H and O–H groups in total. The van der Waals surface area contributed by atoms with Gasteiger partial charge in [0.25, 0.3) is 10.0 Å². The number of amides is 2. The van der Waals surface area contributed by atoms with Crippen LogP contribution in [-0.2, 0) is 26.2 Å². The molecule has 3 rings (SSSR count). The molecule has 1 unspecified atom stereocenters. The van der Waals surface area contributed by atoms with Crippen LogP contribution in [0.3, 0.4) is 0 Å². The second kappa shape index (κ2) is 15.1. The standard InChI is InChI=1S/C30H36ClN3O5S2/c1-5-26(30(36)32-6-2)33(20-22-12-8-9-13-25(22)31)29(35)21-34(27-14-10-11-15-28(27)39-7-3)41(37,38)24-18-16-23(40-4)17-19-24/h8-19,26H,5-7,20-21H2,1-4H3,(H,32,36). The van der Waals surface area contributed by atoms with Gasteiger partial charge in [-0.3, -0.25) is 13.9 Å². The molecule has 3 aromatic carbocycles. The summed E-state index contributed by atoms with van der Waals surface area (Å²) >= 11 is 7.93. The Hall–Kier alpha value is -3.21. The van der Waals surface area contributed by atoms with Crippen LogP contribution in [0.15, 0.2) is 82.6 Å². The molecular weight excluding hydrogens is 582 g/mol. The van der Waals surface area contributed by atoms with Gasteiger partial charge in [-0.2, -0.15) is 0 Å². The monoisotopic (exact) mass is 617 g/mol. The molecule has 0 fully saturated rings. The number of likely N-dealkylation sites (N-methyl/N-ethyl adjacent to an activating group) is 1. The maximum Gasteiger partial charge on any atom is 0.264 e. The number of thioether (sulfide) groups is 1. The molecule has 0 aromatic heterocycles. The Kier molecular flexibility index (Phi) is 11.9. The molecule has 0 saturated carbocycles. The van der Waals surface area contributed by atoms with Gasteiger partial charge in [-0.1, -0.05) is 48.9 Å². The van der Waals surface area contributed by atoms with E-state index in [1.807, 2.05) is 6.26 Å². The molecule has 0 bridgehead atoms. The summed E-state index contributed by atoms with van der Waals surface area (Å²) in [6.07, 6.45) is 2.22. The van der Waals surface area contributed by atoms with Crippen molar-refractivity contribution in [2.45, 2.75) is 49.6 Å². The van der Waals surface area contributed by atoms with Crippen LogP contribution in [0.4, 0.5) is 5.69 Å². The van der Waals surface area contributed by atoms with E-state index < -0.39 is 28.5 Å². The zero-order chi connectivity index (χ0) is 30.0. The van der Waals surface area contributed by atoms with E-state index in [1.54, 1.807) is 81.4 Å². The summed E-state index contributed by atoms with van der Waals surface area (Å²) in [6.45, 7) is 5.55. The van der Waals surface area contributed by atoms with E-state index in [4.69, 9.17) is 16.3 Å². The number of anilines is 1. The van der Waals surface area contributed by atoms with Gasteiger partial charge in [0.15, 0.2) is 0 Å². The molecular formula is C30H36ClN3O5S2. The highest BCUT2D eigenvalue weighted by atomic mass is 35.5. The highest BCUT2D eigenvalue weighted by molar-refractivity contribution is 7.98. The van der Waals surface area contributed by atoms with Gasteiger partial charge in [-0.05, 0) is 74.6 Å². The smallest absolute Gasteiger partial charge is 0.264 e. The minimum Gasteiger partial charge on any atom is -0.492 e. The van der Waals surface area contributed by atoms with Crippen LogP contribution in [-0.4, -0.2) is 57.1 Å². The zero-order valence-corrected chi connectivity index (χ0v) is 26.1. The SMILES string of the molecule is CCNC(=O)C(CC)N(Cc1ccccc1Cl)C(=O)CN(c1ccccc1OCC)S(=O)(=O)c1ccc(SC)cc1. The Labute approximate surface area is 252 Å². The van der Waals surface area contributed by atoms with Crippen LogP contribution in [0.25, 0.3) is 0 Å². The number of ether oxygens (including phenoxy) is 1. The summed E-state index contributed by atoms with van der Waals surface area (Å²) in [7, 11) is -4.22. The predicted molar refractivity (Wildman–Crippen MR) is 165 cm³/mol. The molecule has 41 heavy (non-hydrogen) atoms. The molecule has 0 aliphatic heterocycles. The largest absolute Gasteiger partial charge is 0.492 e. The van der Waals surface area contributed by atoms with Gasteiger partial charge in [-0.15, -0.1) is 11.8 Å². The molecule has 0 aliphatic carbocycles. The Bertz CT molecular complexity index is 1430. The molecule has 0 heterocycles. The van der Waals surface area contributed by atoms with Crippen molar-refractivity contribution in [3.05, 3.63) is 83.4 Å². The number of rotatable bonds is 14. The lowest BCUT2D eigenvalue weighted by molar-refractivity contribution is -0.140. The Balaban J connectivity index is 2.12.